The monoisotopic (exact) mass is 283 g/mol. The van der Waals surface area contributed by atoms with E-state index in [0.717, 1.165) is 17.7 Å². The van der Waals surface area contributed by atoms with Crippen LogP contribution in [0.2, 0.25) is 0 Å². The summed E-state index contributed by atoms with van der Waals surface area (Å²) in [4.78, 5) is 14.9. The Kier molecular flexibility index (Phi) is 2.84. The molecule has 0 aliphatic heterocycles. The van der Waals surface area contributed by atoms with E-state index in [4.69, 9.17) is 0 Å². The number of hydrogen-bond donors (Lipinski definition) is 1. The lowest BCUT2D eigenvalue weighted by Gasteiger charge is -2.07. The smallest absolute Gasteiger partial charge is 0.192 e. The number of rotatable bonds is 1. The number of benzene rings is 1. The molecule has 84 valence electrons. The van der Waals surface area contributed by atoms with Gasteiger partial charge in [-0.3, -0.25) is 4.79 Å². The van der Waals surface area contributed by atoms with E-state index in [-0.39, 0.29) is 10.8 Å². The van der Waals surface area contributed by atoms with E-state index in [1.54, 1.807) is 6.07 Å². The second-order valence-electron chi connectivity index (χ2n) is 3.75. The largest absolute Gasteiger partial charge is 0.358 e. The molecule has 1 heterocycles. The lowest BCUT2D eigenvalue weighted by Crippen LogP contribution is -2.08. The van der Waals surface area contributed by atoms with Gasteiger partial charge in [-0.05, 0) is 40.9 Å². The maximum absolute atomic E-state index is 13.8. The van der Waals surface area contributed by atoms with Crippen molar-refractivity contribution in [1.29, 1.82) is 0 Å². The van der Waals surface area contributed by atoms with Crippen LogP contribution in [0.5, 0.6) is 0 Å². The molecule has 1 N–H and O–H groups in total. The molecule has 0 unspecified atom stereocenters. The summed E-state index contributed by atoms with van der Waals surface area (Å²) in [6, 6.07) is 3.13. The zero-order chi connectivity index (χ0) is 11.9. The Morgan fingerprint density at radius 2 is 2.12 bits per heavy atom. The van der Waals surface area contributed by atoms with E-state index in [1.807, 2.05) is 13.8 Å². The molecule has 4 heteroatoms. The van der Waals surface area contributed by atoms with Crippen molar-refractivity contribution in [2.75, 3.05) is 0 Å². The van der Waals surface area contributed by atoms with Crippen molar-refractivity contribution in [3.05, 3.63) is 43.9 Å². The van der Waals surface area contributed by atoms with Gasteiger partial charge in [0.2, 0.25) is 0 Å². The van der Waals surface area contributed by atoms with Crippen LogP contribution in [-0.4, -0.2) is 4.98 Å². The summed E-state index contributed by atoms with van der Waals surface area (Å²) in [5, 5.41) is 0.129. The van der Waals surface area contributed by atoms with Gasteiger partial charge in [-0.25, -0.2) is 4.39 Å². The lowest BCUT2D eigenvalue weighted by atomic mass is 10.1. The highest BCUT2D eigenvalue weighted by Gasteiger charge is 2.12. The molecule has 1 aromatic carbocycles. The molecule has 16 heavy (non-hydrogen) atoms. The molecule has 0 fully saturated rings. The van der Waals surface area contributed by atoms with E-state index in [9.17, 15) is 9.18 Å². The van der Waals surface area contributed by atoms with Gasteiger partial charge in [-0.1, -0.05) is 6.92 Å². The summed E-state index contributed by atoms with van der Waals surface area (Å²) in [6.07, 6.45) is 0.725. The topological polar surface area (TPSA) is 32.9 Å². The highest BCUT2D eigenvalue weighted by Crippen LogP contribution is 2.25. The van der Waals surface area contributed by atoms with Crippen LogP contribution in [0.1, 0.15) is 18.2 Å². The number of pyridine rings is 1. The molecule has 0 bridgehead atoms. The number of aryl methyl sites for hydroxylation is 2. The quantitative estimate of drug-likeness (QED) is 0.856. The van der Waals surface area contributed by atoms with Crippen molar-refractivity contribution in [1.82, 2.24) is 4.98 Å². The zero-order valence-electron chi connectivity index (χ0n) is 9.03. The highest BCUT2D eigenvalue weighted by atomic mass is 79.9. The van der Waals surface area contributed by atoms with Gasteiger partial charge in [0.1, 0.15) is 0 Å². The van der Waals surface area contributed by atoms with Crippen LogP contribution in [0.4, 0.5) is 4.39 Å². The predicted octanol–water partition coefficient (Wildman–Crippen LogP) is 3.30. The van der Waals surface area contributed by atoms with Crippen molar-refractivity contribution >= 4 is 26.8 Å². The first-order valence-electron chi connectivity index (χ1n) is 5.05. The molecule has 2 aromatic rings. The molecule has 1 aromatic heterocycles. The van der Waals surface area contributed by atoms with Crippen LogP contribution in [0, 0.1) is 12.7 Å². The van der Waals surface area contributed by atoms with E-state index >= 15 is 0 Å². The summed E-state index contributed by atoms with van der Waals surface area (Å²) in [5.41, 5.74) is 2.00. The molecule has 0 saturated carbocycles. The Morgan fingerprint density at radius 3 is 2.75 bits per heavy atom. The number of H-pyrrole nitrogens is 1. The molecular weight excluding hydrogens is 273 g/mol. The Hall–Kier alpha value is -1.16. The fourth-order valence-electron chi connectivity index (χ4n) is 1.76. The number of fused-ring (bicyclic) bond motifs is 1. The molecule has 0 aliphatic carbocycles. The SMILES string of the molecule is CCc1cc(=O)c2c(F)c(Br)cc(C)c2[nH]1. The van der Waals surface area contributed by atoms with Crippen molar-refractivity contribution in [3.8, 4) is 0 Å². The Balaban J connectivity index is 3.00. The third kappa shape index (κ3) is 1.67. The number of aromatic nitrogens is 1. The molecule has 0 spiro atoms. The highest BCUT2D eigenvalue weighted by molar-refractivity contribution is 9.10. The van der Waals surface area contributed by atoms with Crippen LogP contribution < -0.4 is 5.43 Å². The van der Waals surface area contributed by atoms with Crippen LogP contribution in [-0.2, 0) is 6.42 Å². The second-order valence-corrected chi connectivity index (χ2v) is 4.61. The van der Waals surface area contributed by atoms with Crippen LogP contribution >= 0.6 is 15.9 Å². The first kappa shape index (κ1) is 11.3. The standard InChI is InChI=1S/C12H11BrFNO/c1-3-7-5-9(16)10-11(14)8(13)4-6(2)12(10)15-7/h4-5H,3H2,1-2H3,(H,15,16). The van der Waals surface area contributed by atoms with Crippen molar-refractivity contribution < 1.29 is 4.39 Å². The fourth-order valence-corrected chi connectivity index (χ4v) is 2.30. The fraction of sp³-hybridized carbons (Fsp3) is 0.250. The third-order valence-electron chi connectivity index (χ3n) is 2.63. The summed E-state index contributed by atoms with van der Waals surface area (Å²) < 4.78 is 14.1. The van der Waals surface area contributed by atoms with E-state index in [1.165, 1.54) is 6.07 Å². The summed E-state index contributed by atoms with van der Waals surface area (Å²) in [5.74, 6) is -0.496. The van der Waals surface area contributed by atoms with Gasteiger partial charge in [0.15, 0.2) is 11.2 Å². The number of aromatic amines is 1. The molecule has 2 nitrogen and oxygen atoms in total. The maximum Gasteiger partial charge on any atom is 0.192 e. The molecule has 0 aliphatic rings. The number of hydrogen-bond acceptors (Lipinski definition) is 1. The van der Waals surface area contributed by atoms with Crippen molar-refractivity contribution in [2.24, 2.45) is 0 Å². The second kappa shape index (κ2) is 4.01. The van der Waals surface area contributed by atoms with E-state index in [2.05, 4.69) is 20.9 Å². The van der Waals surface area contributed by atoms with E-state index in [0.29, 0.717) is 9.99 Å². The van der Waals surface area contributed by atoms with Gasteiger partial charge >= 0.3 is 0 Å². The summed E-state index contributed by atoms with van der Waals surface area (Å²) >= 11 is 3.11. The minimum atomic E-state index is -0.496. The first-order valence-corrected chi connectivity index (χ1v) is 5.84. The number of nitrogens with one attached hydrogen (secondary N) is 1. The molecular formula is C12H11BrFNO. The van der Waals surface area contributed by atoms with Crippen LogP contribution in [0.15, 0.2) is 21.4 Å². The zero-order valence-corrected chi connectivity index (χ0v) is 10.6. The lowest BCUT2D eigenvalue weighted by molar-refractivity contribution is 0.632. The summed E-state index contributed by atoms with van der Waals surface area (Å²) in [6.45, 7) is 3.80. The van der Waals surface area contributed by atoms with Crippen molar-refractivity contribution in [2.45, 2.75) is 20.3 Å². The molecule has 0 radical (unpaired) electrons. The van der Waals surface area contributed by atoms with Crippen LogP contribution in [0.25, 0.3) is 10.9 Å². The van der Waals surface area contributed by atoms with Gasteiger partial charge in [-0.15, -0.1) is 0 Å². The average molecular weight is 284 g/mol. The minimum absolute atomic E-state index is 0.129. The first-order chi connectivity index (χ1) is 7.54. The molecule has 0 atom stereocenters. The van der Waals surface area contributed by atoms with Crippen LogP contribution in [0.3, 0.4) is 0 Å². The molecule has 0 amide bonds. The summed E-state index contributed by atoms with van der Waals surface area (Å²) in [7, 11) is 0. The molecule has 0 saturated heterocycles. The van der Waals surface area contributed by atoms with E-state index < -0.39 is 5.82 Å². The normalized spacial score (nSPS) is 11.0. The Bertz CT molecular complexity index is 618. The van der Waals surface area contributed by atoms with Gasteiger partial charge in [0.25, 0.3) is 0 Å². The van der Waals surface area contributed by atoms with Crippen molar-refractivity contribution in [3.63, 3.8) is 0 Å². The maximum atomic E-state index is 13.8. The number of halogens is 2. The predicted molar refractivity (Wildman–Crippen MR) is 66.3 cm³/mol. The molecule has 2 rings (SSSR count). The Morgan fingerprint density at radius 1 is 1.44 bits per heavy atom. The van der Waals surface area contributed by atoms with Gasteiger partial charge < -0.3 is 4.98 Å². The average Bonchev–Trinajstić information content (AvgIpc) is 2.25. The minimum Gasteiger partial charge on any atom is -0.358 e. The third-order valence-corrected chi connectivity index (χ3v) is 3.21. The van der Waals surface area contributed by atoms with Gasteiger partial charge in [-0.2, -0.15) is 0 Å². The van der Waals surface area contributed by atoms with Gasteiger partial charge in [0, 0.05) is 11.8 Å². The van der Waals surface area contributed by atoms with Gasteiger partial charge in [0.05, 0.1) is 15.4 Å². The Labute approximate surface area is 101 Å².